The molecule has 0 unspecified atom stereocenters. The molecule has 1 aromatic heterocycles. The fourth-order valence-corrected chi connectivity index (χ4v) is 2.61. The highest BCUT2D eigenvalue weighted by atomic mass is 32.1. The molecule has 2 heteroatoms. The molecule has 0 atom stereocenters. The normalized spacial score (nSPS) is 11.2. The molecule has 2 rings (SSSR count). The number of fused-ring (bicyclic) bond motifs is 1. The maximum Gasteiger partial charge on any atom is 0.0351 e. The van der Waals surface area contributed by atoms with Gasteiger partial charge in [0.25, 0.3) is 0 Å². The van der Waals surface area contributed by atoms with Gasteiger partial charge in [0.2, 0.25) is 0 Å². The summed E-state index contributed by atoms with van der Waals surface area (Å²) in [7, 11) is 0. The molecular weight excluding hydrogens is 190 g/mol. The van der Waals surface area contributed by atoms with Gasteiger partial charge in [-0.25, -0.2) is 0 Å². The van der Waals surface area contributed by atoms with E-state index in [0.717, 1.165) is 0 Å². The van der Waals surface area contributed by atoms with Gasteiger partial charge in [-0.2, -0.15) is 0 Å². The van der Waals surface area contributed by atoms with E-state index in [9.17, 15) is 0 Å². The van der Waals surface area contributed by atoms with E-state index in [4.69, 9.17) is 5.41 Å². The van der Waals surface area contributed by atoms with Crippen LogP contribution in [-0.4, -0.2) is 6.21 Å². The molecule has 1 aromatic carbocycles. The minimum Gasteiger partial charge on any atom is -0.309 e. The molecule has 0 aliphatic carbocycles. The van der Waals surface area contributed by atoms with Crippen LogP contribution >= 0.6 is 11.3 Å². The second-order valence-corrected chi connectivity index (χ2v) is 4.20. The first-order chi connectivity index (χ1) is 6.83. The zero-order valence-corrected chi connectivity index (χ0v) is 8.77. The standard InChI is InChI=1S/C12H11NS/c1-9-10-5-2-3-6-12(10)14-11(9)7-4-8-13/h2-8,13H,1H3/b7-4-,13-8?. The number of thiophene rings is 1. The van der Waals surface area contributed by atoms with Crippen LogP contribution in [-0.2, 0) is 0 Å². The van der Waals surface area contributed by atoms with Crippen LogP contribution < -0.4 is 0 Å². The van der Waals surface area contributed by atoms with Gasteiger partial charge in [0, 0.05) is 15.8 Å². The summed E-state index contributed by atoms with van der Waals surface area (Å²) in [5.74, 6) is 0. The van der Waals surface area contributed by atoms with Gasteiger partial charge in [0.05, 0.1) is 0 Å². The molecule has 1 heterocycles. The first kappa shape index (κ1) is 9.16. The summed E-state index contributed by atoms with van der Waals surface area (Å²) in [6, 6.07) is 8.40. The largest absolute Gasteiger partial charge is 0.309 e. The lowest BCUT2D eigenvalue weighted by atomic mass is 10.1. The second kappa shape index (κ2) is 3.76. The Balaban J connectivity index is 2.62. The van der Waals surface area contributed by atoms with Gasteiger partial charge in [0.15, 0.2) is 0 Å². The Hall–Kier alpha value is -1.41. The van der Waals surface area contributed by atoms with Crippen LogP contribution in [0.2, 0.25) is 0 Å². The Morgan fingerprint density at radius 3 is 2.79 bits per heavy atom. The average molecular weight is 201 g/mol. The van der Waals surface area contributed by atoms with E-state index in [1.165, 1.54) is 26.7 Å². The van der Waals surface area contributed by atoms with Gasteiger partial charge in [0.1, 0.15) is 0 Å². The molecule has 2 aromatic rings. The molecule has 0 aliphatic heterocycles. The van der Waals surface area contributed by atoms with Crippen LogP contribution in [0.1, 0.15) is 10.4 Å². The number of hydrogen-bond donors (Lipinski definition) is 1. The molecule has 70 valence electrons. The van der Waals surface area contributed by atoms with Crippen LogP contribution in [0.4, 0.5) is 0 Å². The van der Waals surface area contributed by atoms with Crippen molar-refractivity contribution in [1.29, 1.82) is 5.41 Å². The summed E-state index contributed by atoms with van der Waals surface area (Å²) in [6.45, 7) is 2.13. The van der Waals surface area contributed by atoms with Crippen LogP contribution in [0.5, 0.6) is 0 Å². The van der Waals surface area contributed by atoms with E-state index in [0.29, 0.717) is 0 Å². The number of aryl methyl sites for hydroxylation is 1. The van der Waals surface area contributed by atoms with Crippen molar-refractivity contribution < 1.29 is 0 Å². The average Bonchev–Trinajstić information content (AvgIpc) is 2.54. The zero-order chi connectivity index (χ0) is 9.97. The highest BCUT2D eigenvalue weighted by molar-refractivity contribution is 7.20. The Bertz CT molecular complexity index is 494. The third kappa shape index (κ3) is 1.49. The van der Waals surface area contributed by atoms with Crippen LogP contribution in [0.15, 0.2) is 30.3 Å². The monoisotopic (exact) mass is 201 g/mol. The lowest BCUT2D eigenvalue weighted by molar-refractivity contribution is 1.57. The maximum atomic E-state index is 6.95. The third-order valence-corrected chi connectivity index (χ3v) is 3.46. The van der Waals surface area contributed by atoms with Crippen molar-refractivity contribution in [2.24, 2.45) is 0 Å². The fraction of sp³-hybridized carbons (Fsp3) is 0.0833. The predicted molar refractivity (Wildman–Crippen MR) is 64.4 cm³/mol. The minimum absolute atomic E-state index is 1.25. The molecule has 0 bridgehead atoms. The van der Waals surface area contributed by atoms with Crippen molar-refractivity contribution in [1.82, 2.24) is 0 Å². The second-order valence-electron chi connectivity index (χ2n) is 3.11. The number of nitrogens with one attached hydrogen (secondary N) is 1. The highest BCUT2D eigenvalue weighted by Gasteiger charge is 2.03. The summed E-state index contributed by atoms with van der Waals surface area (Å²) in [5, 5.41) is 8.27. The smallest absolute Gasteiger partial charge is 0.0351 e. The van der Waals surface area contributed by atoms with Gasteiger partial charge in [-0.15, -0.1) is 11.3 Å². The van der Waals surface area contributed by atoms with Crippen LogP contribution in [0, 0.1) is 12.3 Å². The van der Waals surface area contributed by atoms with E-state index in [1.54, 1.807) is 17.4 Å². The first-order valence-corrected chi connectivity index (χ1v) is 5.30. The van der Waals surface area contributed by atoms with Gasteiger partial charge in [-0.05, 0) is 36.1 Å². The van der Waals surface area contributed by atoms with Crippen molar-refractivity contribution in [2.75, 3.05) is 0 Å². The van der Waals surface area contributed by atoms with Gasteiger partial charge >= 0.3 is 0 Å². The maximum absolute atomic E-state index is 6.95. The molecular formula is C12H11NS. The minimum atomic E-state index is 1.25. The molecule has 0 amide bonds. The van der Waals surface area contributed by atoms with Crippen molar-refractivity contribution in [3.8, 4) is 0 Å². The molecule has 0 radical (unpaired) electrons. The number of allylic oxidation sites excluding steroid dienone is 1. The summed E-state index contributed by atoms with van der Waals surface area (Å²) in [5.41, 5.74) is 1.31. The summed E-state index contributed by atoms with van der Waals surface area (Å²) < 4.78 is 1.31. The Labute approximate surface area is 87.2 Å². The van der Waals surface area contributed by atoms with Crippen LogP contribution in [0.25, 0.3) is 16.2 Å². The first-order valence-electron chi connectivity index (χ1n) is 4.48. The molecule has 1 N–H and O–H groups in total. The Morgan fingerprint density at radius 2 is 2.07 bits per heavy atom. The number of rotatable bonds is 2. The van der Waals surface area contributed by atoms with E-state index in [-0.39, 0.29) is 0 Å². The lowest BCUT2D eigenvalue weighted by Crippen LogP contribution is -1.70. The number of benzene rings is 1. The molecule has 0 spiro atoms. The topological polar surface area (TPSA) is 23.9 Å². The van der Waals surface area contributed by atoms with E-state index in [2.05, 4.69) is 31.2 Å². The fourth-order valence-electron chi connectivity index (χ4n) is 1.49. The van der Waals surface area contributed by atoms with E-state index in [1.807, 2.05) is 6.08 Å². The predicted octanol–water partition coefficient (Wildman–Crippen LogP) is 3.87. The third-order valence-electron chi connectivity index (χ3n) is 2.22. The van der Waals surface area contributed by atoms with Crippen molar-refractivity contribution in [2.45, 2.75) is 6.92 Å². The van der Waals surface area contributed by atoms with Crippen molar-refractivity contribution in [3.63, 3.8) is 0 Å². The summed E-state index contributed by atoms with van der Waals surface area (Å²) >= 11 is 1.77. The SMILES string of the molecule is Cc1c(/C=C\C=N)sc2ccccc12. The lowest BCUT2D eigenvalue weighted by Gasteiger charge is -1.89. The van der Waals surface area contributed by atoms with Gasteiger partial charge < -0.3 is 5.41 Å². The summed E-state index contributed by atoms with van der Waals surface area (Å²) in [6.07, 6.45) is 5.06. The summed E-state index contributed by atoms with van der Waals surface area (Å²) in [4.78, 5) is 1.25. The quantitative estimate of drug-likeness (QED) is 0.713. The van der Waals surface area contributed by atoms with Gasteiger partial charge in [-0.3, -0.25) is 0 Å². The zero-order valence-electron chi connectivity index (χ0n) is 7.95. The Morgan fingerprint density at radius 1 is 1.29 bits per heavy atom. The Kier molecular flexibility index (Phi) is 2.46. The number of hydrogen-bond acceptors (Lipinski definition) is 2. The molecule has 14 heavy (non-hydrogen) atoms. The van der Waals surface area contributed by atoms with Crippen molar-refractivity contribution >= 4 is 33.7 Å². The van der Waals surface area contributed by atoms with E-state index < -0.39 is 0 Å². The van der Waals surface area contributed by atoms with Crippen molar-refractivity contribution in [3.05, 3.63) is 40.8 Å². The van der Waals surface area contributed by atoms with Gasteiger partial charge in [-0.1, -0.05) is 18.2 Å². The molecule has 0 saturated carbocycles. The van der Waals surface area contributed by atoms with Crippen LogP contribution in [0.3, 0.4) is 0 Å². The molecule has 0 fully saturated rings. The molecule has 0 aliphatic rings. The highest BCUT2D eigenvalue weighted by Crippen LogP contribution is 2.31. The molecule has 1 nitrogen and oxygen atoms in total. The molecule has 0 saturated heterocycles. The van der Waals surface area contributed by atoms with E-state index >= 15 is 0 Å².